The molecule has 1 aromatic carbocycles. The fraction of sp³-hybridized carbons (Fsp3) is 0.625. The van der Waals surface area contributed by atoms with Crippen LogP contribution < -0.4 is 5.73 Å². The molecule has 0 heterocycles. The van der Waals surface area contributed by atoms with Crippen LogP contribution in [0.3, 0.4) is 0 Å². The summed E-state index contributed by atoms with van der Waals surface area (Å²) in [4.78, 5) is 11.0. The summed E-state index contributed by atoms with van der Waals surface area (Å²) in [6.07, 6.45) is 0. The van der Waals surface area contributed by atoms with Crippen molar-refractivity contribution in [3.63, 3.8) is 0 Å². The van der Waals surface area contributed by atoms with Gasteiger partial charge < -0.3 is 5.73 Å². The Balaban J connectivity index is 0.00000361. The minimum atomic E-state index is -0.495. The first kappa shape index (κ1) is 19.4. The van der Waals surface area contributed by atoms with E-state index in [-0.39, 0.29) is 23.5 Å². The van der Waals surface area contributed by atoms with Gasteiger partial charge in [-0.05, 0) is 59.6 Å². The molecule has 0 amide bonds. The second-order valence-electron chi connectivity index (χ2n) is 7.09. The van der Waals surface area contributed by atoms with Crippen molar-refractivity contribution in [3.05, 3.63) is 35.4 Å². The van der Waals surface area contributed by atoms with E-state index in [0.717, 1.165) is 11.1 Å². The lowest BCUT2D eigenvalue weighted by Crippen LogP contribution is -2.30. The van der Waals surface area contributed by atoms with Crippen molar-refractivity contribution < 1.29 is 9.78 Å². The van der Waals surface area contributed by atoms with E-state index in [1.807, 2.05) is 72.7 Å². The summed E-state index contributed by atoms with van der Waals surface area (Å²) in [5.74, 6) is 0. The molecule has 0 fully saturated rings. The van der Waals surface area contributed by atoms with E-state index in [9.17, 15) is 0 Å². The number of rotatable bonds is 4. The molecule has 0 atom stereocenters. The van der Waals surface area contributed by atoms with Crippen molar-refractivity contribution in [2.24, 2.45) is 5.73 Å². The normalized spacial score (nSPS) is 13.0. The predicted molar refractivity (Wildman–Crippen MR) is 85.9 cm³/mol. The summed E-state index contributed by atoms with van der Waals surface area (Å²) in [6, 6.07) is 8.15. The summed E-state index contributed by atoms with van der Waals surface area (Å²) in [7, 11) is 0. The van der Waals surface area contributed by atoms with E-state index in [2.05, 4.69) is 0 Å². The lowest BCUT2D eigenvalue weighted by Gasteiger charge is -2.29. The Hall–Kier alpha value is -0.610. The second-order valence-corrected chi connectivity index (χ2v) is 7.09. The summed E-state index contributed by atoms with van der Waals surface area (Å²) in [5.41, 5.74) is 7.09. The lowest BCUT2D eigenvalue weighted by molar-refractivity contribution is -0.401. The molecule has 0 saturated carbocycles. The molecule has 0 unspecified atom stereocenters. The molecule has 0 spiro atoms. The van der Waals surface area contributed by atoms with Gasteiger partial charge in [0.15, 0.2) is 0 Å². The van der Waals surface area contributed by atoms with Crippen LogP contribution in [-0.2, 0) is 20.9 Å². The highest BCUT2D eigenvalue weighted by Gasteiger charge is 2.26. The maximum atomic E-state index is 6.08. The van der Waals surface area contributed by atoms with Crippen LogP contribution in [0.1, 0.15) is 59.6 Å². The number of halogens is 1. The van der Waals surface area contributed by atoms with Crippen LogP contribution in [0.25, 0.3) is 0 Å². The van der Waals surface area contributed by atoms with Gasteiger partial charge in [-0.25, -0.2) is 9.78 Å². The van der Waals surface area contributed by atoms with Crippen molar-refractivity contribution in [1.82, 2.24) is 0 Å². The van der Waals surface area contributed by atoms with Gasteiger partial charge >= 0.3 is 0 Å². The summed E-state index contributed by atoms with van der Waals surface area (Å²) in [5, 5.41) is 0. The average molecular weight is 302 g/mol. The van der Waals surface area contributed by atoms with E-state index < -0.39 is 5.60 Å². The van der Waals surface area contributed by atoms with Crippen LogP contribution in [0, 0.1) is 0 Å². The van der Waals surface area contributed by atoms with E-state index in [1.165, 1.54) is 0 Å². The summed E-state index contributed by atoms with van der Waals surface area (Å²) >= 11 is 0. The Bertz CT molecular complexity index is 414. The van der Waals surface area contributed by atoms with Gasteiger partial charge in [-0.2, -0.15) is 0 Å². The minimum absolute atomic E-state index is 0. The highest BCUT2D eigenvalue weighted by molar-refractivity contribution is 5.85. The van der Waals surface area contributed by atoms with Crippen molar-refractivity contribution in [1.29, 1.82) is 0 Å². The Morgan fingerprint density at radius 3 is 1.50 bits per heavy atom. The molecule has 0 bridgehead atoms. The first-order valence-corrected chi connectivity index (χ1v) is 6.68. The number of nitrogens with two attached hydrogens (primary N) is 1. The van der Waals surface area contributed by atoms with Gasteiger partial charge in [0.2, 0.25) is 0 Å². The maximum Gasteiger partial charge on any atom is 0.123 e. The van der Waals surface area contributed by atoms with Gasteiger partial charge in [-0.3, -0.25) is 0 Å². The topological polar surface area (TPSA) is 44.5 Å². The standard InChI is InChI=1S/C16H27NO2.ClH/c1-14(2,3)18-19-16(6,7)13-10-8-12(9-11-13)15(4,5)17;/h8-11H,17H2,1-7H3;1H. The van der Waals surface area contributed by atoms with Crippen molar-refractivity contribution in [2.45, 2.75) is 65.2 Å². The highest BCUT2D eigenvalue weighted by Crippen LogP contribution is 2.28. The van der Waals surface area contributed by atoms with Gasteiger partial charge in [0, 0.05) is 5.54 Å². The van der Waals surface area contributed by atoms with Crippen LogP contribution in [0.2, 0.25) is 0 Å². The van der Waals surface area contributed by atoms with Crippen LogP contribution >= 0.6 is 12.4 Å². The largest absolute Gasteiger partial charge is 0.322 e. The zero-order valence-electron chi connectivity index (χ0n) is 13.6. The van der Waals surface area contributed by atoms with Crippen molar-refractivity contribution in [3.8, 4) is 0 Å². The molecule has 0 saturated heterocycles. The zero-order chi connectivity index (χ0) is 14.9. The fourth-order valence-electron chi connectivity index (χ4n) is 1.58. The molecule has 0 radical (unpaired) electrons. The quantitative estimate of drug-likeness (QED) is 0.666. The molecule has 0 aliphatic rings. The molecule has 0 aromatic heterocycles. The van der Waals surface area contributed by atoms with E-state index in [4.69, 9.17) is 15.5 Å². The molecule has 20 heavy (non-hydrogen) atoms. The average Bonchev–Trinajstić information content (AvgIpc) is 2.25. The third-order valence-corrected chi connectivity index (χ3v) is 2.82. The lowest BCUT2D eigenvalue weighted by atomic mass is 9.91. The molecule has 1 rings (SSSR count). The summed E-state index contributed by atoms with van der Waals surface area (Å²) in [6.45, 7) is 13.8. The van der Waals surface area contributed by atoms with Gasteiger partial charge in [0.05, 0.1) is 5.60 Å². The third kappa shape index (κ3) is 5.80. The van der Waals surface area contributed by atoms with Crippen LogP contribution in [-0.4, -0.2) is 5.60 Å². The number of hydrogen-bond acceptors (Lipinski definition) is 3. The molecule has 3 nitrogen and oxygen atoms in total. The van der Waals surface area contributed by atoms with E-state index in [0.29, 0.717) is 0 Å². The van der Waals surface area contributed by atoms with Gasteiger partial charge in [-0.1, -0.05) is 24.3 Å². The van der Waals surface area contributed by atoms with Crippen LogP contribution in [0.5, 0.6) is 0 Å². The second kappa shape index (κ2) is 6.44. The monoisotopic (exact) mass is 301 g/mol. The number of benzene rings is 1. The van der Waals surface area contributed by atoms with Crippen LogP contribution in [0.15, 0.2) is 24.3 Å². The molecule has 2 N–H and O–H groups in total. The molecular formula is C16H28ClNO2. The molecule has 0 aliphatic heterocycles. The molecule has 0 aliphatic carbocycles. The summed E-state index contributed by atoms with van der Waals surface area (Å²) < 4.78 is 0. The smallest absolute Gasteiger partial charge is 0.123 e. The Labute approximate surface area is 129 Å². The van der Waals surface area contributed by atoms with Crippen molar-refractivity contribution in [2.75, 3.05) is 0 Å². The van der Waals surface area contributed by atoms with Gasteiger partial charge in [-0.15, -0.1) is 12.4 Å². The number of hydrogen-bond donors (Lipinski definition) is 1. The minimum Gasteiger partial charge on any atom is -0.322 e. The molecule has 4 heteroatoms. The first-order chi connectivity index (χ1) is 8.42. The maximum absolute atomic E-state index is 6.08. The first-order valence-electron chi connectivity index (χ1n) is 6.68. The van der Waals surface area contributed by atoms with E-state index in [1.54, 1.807) is 0 Å². The molecule has 1 aromatic rings. The third-order valence-electron chi connectivity index (χ3n) is 2.82. The van der Waals surface area contributed by atoms with Gasteiger partial charge in [0.1, 0.15) is 5.60 Å². The molecular weight excluding hydrogens is 274 g/mol. The Morgan fingerprint density at radius 1 is 0.750 bits per heavy atom. The van der Waals surface area contributed by atoms with Crippen molar-refractivity contribution >= 4 is 12.4 Å². The Morgan fingerprint density at radius 2 is 1.15 bits per heavy atom. The zero-order valence-corrected chi connectivity index (χ0v) is 14.4. The SMILES string of the molecule is CC(C)(C)OOC(C)(C)c1ccc(C(C)(C)N)cc1.Cl. The predicted octanol–water partition coefficient (Wildman–Crippen LogP) is 4.28. The van der Waals surface area contributed by atoms with Gasteiger partial charge in [0.25, 0.3) is 0 Å². The fourth-order valence-corrected chi connectivity index (χ4v) is 1.58. The van der Waals surface area contributed by atoms with Crippen LogP contribution in [0.4, 0.5) is 0 Å². The molecule has 116 valence electrons. The highest BCUT2D eigenvalue weighted by atomic mass is 35.5. The Kier molecular flexibility index (Phi) is 6.24. The van der Waals surface area contributed by atoms with E-state index >= 15 is 0 Å².